The number of amidine groups is 1. The molecule has 3 aromatic carbocycles. The number of rotatable bonds is 11. The molecule has 3 atom stereocenters. The normalized spacial score (nSPS) is 20.8. The van der Waals surface area contributed by atoms with Crippen molar-refractivity contribution in [3.63, 3.8) is 0 Å². The zero-order valence-electron chi connectivity index (χ0n) is 29.7. The van der Waals surface area contributed by atoms with E-state index in [0.29, 0.717) is 72.9 Å². The highest BCUT2D eigenvalue weighted by atomic mass is 35.5. The Balaban J connectivity index is 1.51. The van der Waals surface area contributed by atoms with Gasteiger partial charge in [-0.1, -0.05) is 53.9 Å². The molecule has 0 spiro atoms. The van der Waals surface area contributed by atoms with Crippen LogP contribution in [0.2, 0.25) is 10.0 Å². The summed E-state index contributed by atoms with van der Waals surface area (Å²) in [6.07, 6.45) is 4.21. The van der Waals surface area contributed by atoms with Gasteiger partial charge in [-0.2, -0.15) is 4.31 Å². The maximum absolute atomic E-state index is 15.0. The predicted octanol–water partition coefficient (Wildman–Crippen LogP) is 6.24. The molecular formula is C37H45Cl2N5O6S2. The molecule has 6 rings (SSSR count). The number of piperidine rings is 1. The number of nitrogens with zero attached hydrogens (tertiary/aromatic N) is 5. The summed E-state index contributed by atoms with van der Waals surface area (Å²) in [5, 5.41) is 1.11. The summed E-state index contributed by atoms with van der Waals surface area (Å²) in [4.78, 5) is 26.0. The van der Waals surface area contributed by atoms with Crippen LogP contribution in [0, 0.1) is 0 Å². The molecule has 0 saturated carbocycles. The average molecular weight is 791 g/mol. The van der Waals surface area contributed by atoms with Gasteiger partial charge in [0.05, 0.1) is 25.3 Å². The molecule has 52 heavy (non-hydrogen) atoms. The number of hydrogen-bond donors (Lipinski definition) is 0. The Labute approximate surface area is 319 Å². The van der Waals surface area contributed by atoms with Gasteiger partial charge in [-0.15, -0.1) is 0 Å². The minimum absolute atomic E-state index is 0.00892. The Hall–Kier alpha value is -3.20. The van der Waals surface area contributed by atoms with Crippen molar-refractivity contribution in [2.24, 2.45) is 4.99 Å². The minimum Gasteiger partial charge on any atom is -0.495 e. The SMILES string of the molecule is CCOc1cc(OC)c(S(=O)(=O)N2CCCCC2)cc1C1=N[C@@H](c2ccc(Cl)cc2)[C@@H](c2ccc(Cl)cc2)N1C(=O)N1CCN(CCS(C)=O)CC1. The number of piperazine rings is 1. The number of ether oxygens (including phenoxy) is 2. The van der Waals surface area contributed by atoms with Crippen molar-refractivity contribution in [3.8, 4) is 11.5 Å². The molecule has 2 amide bonds. The van der Waals surface area contributed by atoms with Gasteiger partial charge in [0.2, 0.25) is 10.0 Å². The standard InChI is InChI=1S/C37H45Cl2N5O6S2/c1-4-50-31-25-32(49-2)33(52(47,48)43-16-6-5-7-17-43)24-30(31)36-40-34(26-8-12-28(38)13-9-26)35(27-10-14-29(39)15-11-27)44(36)37(45)42-20-18-41(19-21-42)22-23-51(3)46/h8-15,24-25,34-35H,4-7,16-23H2,1-3H3/t34-,35+,51?/m0/s1. The summed E-state index contributed by atoms with van der Waals surface area (Å²) in [6.45, 7) is 5.79. The molecular weight excluding hydrogens is 745 g/mol. The van der Waals surface area contributed by atoms with Gasteiger partial charge in [-0.25, -0.2) is 13.2 Å². The first kappa shape index (κ1) is 38.5. The largest absolute Gasteiger partial charge is 0.495 e. The lowest BCUT2D eigenvalue weighted by Gasteiger charge is -2.39. The number of carbonyl (C=O) groups is 1. The Morgan fingerprint density at radius 2 is 1.50 bits per heavy atom. The van der Waals surface area contributed by atoms with Crippen molar-refractivity contribution in [1.29, 1.82) is 0 Å². The van der Waals surface area contributed by atoms with E-state index in [-0.39, 0.29) is 29.1 Å². The third kappa shape index (κ3) is 8.29. The Kier molecular flexibility index (Phi) is 12.5. The zero-order chi connectivity index (χ0) is 37.0. The molecule has 3 heterocycles. The van der Waals surface area contributed by atoms with Crippen LogP contribution in [0.3, 0.4) is 0 Å². The van der Waals surface area contributed by atoms with E-state index >= 15 is 4.79 Å². The van der Waals surface area contributed by atoms with Crippen molar-refractivity contribution >= 4 is 55.9 Å². The number of sulfonamides is 1. The Morgan fingerprint density at radius 1 is 0.885 bits per heavy atom. The molecule has 0 aromatic heterocycles. The first-order valence-corrected chi connectivity index (χ1v) is 21.5. The van der Waals surface area contributed by atoms with Gasteiger partial charge in [-0.05, 0) is 61.2 Å². The topological polar surface area (TPSA) is 112 Å². The second kappa shape index (κ2) is 16.9. The van der Waals surface area contributed by atoms with E-state index in [9.17, 15) is 12.6 Å². The number of hydrogen-bond acceptors (Lipinski definition) is 8. The lowest BCUT2D eigenvalue weighted by Crippen LogP contribution is -2.54. The summed E-state index contributed by atoms with van der Waals surface area (Å²) in [5.74, 6) is 1.35. The fourth-order valence-electron chi connectivity index (χ4n) is 7.02. The highest BCUT2D eigenvalue weighted by Gasteiger charge is 2.45. The first-order chi connectivity index (χ1) is 25.0. The number of carbonyl (C=O) groups excluding carboxylic acids is 1. The predicted molar refractivity (Wildman–Crippen MR) is 206 cm³/mol. The van der Waals surface area contributed by atoms with E-state index in [2.05, 4.69) is 4.90 Å². The number of amides is 2. The van der Waals surface area contributed by atoms with Gasteiger partial charge in [0.25, 0.3) is 0 Å². The molecule has 15 heteroatoms. The fourth-order valence-corrected chi connectivity index (χ4v) is 9.47. The van der Waals surface area contributed by atoms with Crippen molar-refractivity contribution in [1.82, 2.24) is 19.0 Å². The van der Waals surface area contributed by atoms with Crippen LogP contribution in [0.25, 0.3) is 0 Å². The van der Waals surface area contributed by atoms with E-state index in [1.807, 2.05) is 31.2 Å². The smallest absolute Gasteiger partial charge is 0.326 e. The van der Waals surface area contributed by atoms with Crippen LogP contribution in [0.4, 0.5) is 4.79 Å². The van der Waals surface area contributed by atoms with Gasteiger partial charge in [0.1, 0.15) is 28.3 Å². The van der Waals surface area contributed by atoms with E-state index in [1.165, 1.54) is 11.4 Å². The minimum atomic E-state index is -3.98. The molecule has 3 aliphatic rings. The summed E-state index contributed by atoms with van der Waals surface area (Å²) in [5.41, 5.74) is 1.99. The lowest BCUT2D eigenvalue weighted by molar-refractivity contribution is 0.122. The van der Waals surface area contributed by atoms with Crippen LogP contribution < -0.4 is 9.47 Å². The molecule has 11 nitrogen and oxygen atoms in total. The second-order valence-electron chi connectivity index (χ2n) is 13.1. The van der Waals surface area contributed by atoms with Gasteiger partial charge in [0, 0.05) is 84.7 Å². The summed E-state index contributed by atoms with van der Waals surface area (Å²) in [7, 11) is -3.45. The quantitative estimate of drug-likeness (QED) is 0.226. The van der Waals surface area contributed by atoms with Crippen LogP contribution in [-0.2, 0) is 20.8 Å². The third-order valence-corrected chi connectivity index (χ3v) is 13.0. The van der Waals surface area contributed by atoms with Crippen LogP contribution >= 0.6 is 23.2 Å². The van der Waals surface area contributed by atoms with Crippen molar-refractivity contribution in [2.75, 3.05) is 71.5 Å². The third-order valence-electron chi connectivity index (χ3n) is 9.77. The second-order valence-corrected chi connectivity index (χ2v) is 17.4. The highest BCUT2D eigenvalue weighted by Crippen LogP contribution is 2.47. The summed E-state index contributed by atoms with van der Waals surface area (Å²) < 4.78 is 53.6. The number of benzene rings is 3. The lowest BCUT2D eigenvalue weighted by atomic mass is 9.93. The zero-order valence-corrected chi connectivity index (χ0v) is 32.8. The molecule has 3 aromatic rings. The highest BCUT2D eigenvalue weighted by molar-refractivity contribution is 7.89. The van der Waals surface area contributed by atoms with Crippen molar-refractivity contribution in [2.45, 2.75) is 43.2 Å². The maximum atomic E-state index is 15.0. The van der Waals surface area contributed by atoms with E-state index < -0.39 is 32.9 Å². The van der Waals surface area contributed by atoms with Crippen LogP contribution in [0.1, 0.15) is 55.0 Å². The number of urea groups is 1. The van der Waals surface area contributed by atoms with Crippen LogP contribution in [-0.4, -0.2) is 115 Å². The van der Waals surface area contributed by atoms with E-state index in [0.717, 1.165) is 30.4 Å². The monoisotopic (exact) mass is 789 g/mol. The number of methoxy groups -OCH3 is 1. The molecule has 280 valence electrons. The fraction of sp³-hybridized carbons (Fsp3) is 0.459. The maximum Gasteiger partial charge on any atom is 0.326 e. The molecule has 0 bridgehead atoms. The van der Waals surface area contributed by atoms with Gasteiger partial charge in [-0.3, -0.25) is 19.0 Å². The van der Waals surface area contributed by atoms with Gasteiger partial charge in [0.15, 0.2) is 0 Å². The molecule has 1 unspecified atom stereocenters. The van der Waals surface area contributed by atoms with E-state index in [1.54, 1.807) is 52.5 Å². The van der Waals surface area contributed by atoms with Gasteiger partial charge < -0.3 is 14.4 Å². The molecule has 3 aliphatic heterocycles. The van der Waals surface area contributed by atoms with Crippen molar-refractivity contribution < 1.29 is 26.9 Å². The van der Waals surface area contributed by atoms with Crippen molar-refractivity contribution in [3.05, 3.63) is 87.4 Å². The first-order valence-electron chi connectivity index (χ1n) is 17.6. The molecule has 2 fully saturated rings. The summed E-state index contributed by atoms with van der Waals surface area (Å²) >= 11 is 12.7. The Bertz CT molecular complexity index is 1900. The average Bonchev–Trinajstić information content (AvgIpc) is 3.55. The summed E-state index contributed by atoms with van der Waals surface area (Å²) in [6, 6.07) is 16.4. The van der Waals surface area contributed by atoms with Crippen LogP contribution in [0.5, 0.6) is 11.5 Å². The molecule has 0 radical (unpaired) electrons. The van der Waals surface area contributed by atoms with E-state index in [4.69, 9.17) is 37.7 Å². The molecule has 0 N–H and O–H groups in total. The number of halogens is 2. The molecule has 2 saturated heterocycles. The Morgan fingerprint density at radius 3 is 2.08 bits per heavy atom. The van der Waals surface area contributed by atoms with Gasteiger partial charge >= 0.3 is 6.03 Å². The number of aliphatic imine (C=N–C) groups is 1. The molecule has 0 aliphatic carbocycles. The van der Waals surface area contributed by atoms with Crippen LogP contribution in [0.15, 0.2) is 70.6 Å².